The van der Waals surface area contributed by atoms with Gasteiger partial charge in [0.1, 0.15) is 5.56 Å². The standard InChI is InChI=1S/C19H19N3O7/c1-10-6-5-7-15(11(10)2)20-18(23)13(4)29-19(24)14-8-16(21(25)26)12(3)17(9-14)22(27)28/h5-9,13H,1-4H3,(H,20,23)/t13-/m1/s1. The SMILES string of the molecule is Cc1cccc(NC(=O)[C@@H](C)OC(=O)c2cc([N+](=O)[O-])c(C)c([N+](=O)[O-])c2)c1C. The van der Waals surface area contributed by atoms with E-state index in [2.05, 4.69) is 5.32 Å². The number of rotatable bonds is 6. The Balaban J connectivity index is 2.22. The van der Waals surface area contributed by atoms with Crippen LogP contribution in [0.2, 0.25) is 0 Å². The van der Waals surface area contributed by atoms with Gasteiger partial charge in [0.05, 0.1) is 15.4 Å². The van der Waals surface area contributed by atoms with Crippen molar-refractivity contribution in [3.05, 3.63) is 72.8 Å². The van der Waals surface area contributed by atoms with Crippen LogP contribution in [0.3, 0.4) is 0 Å². The lowest BCUT2D eigenvalue weighted by Crippen LogP contribution is -2.30. The van der Waals surface area contributed by atoms with Gasteiger partial charge in [0.25, 0.3) is 17.3 Å². The highest BCUT2D eigenvalue weighted by Gasteiger charge is 2.27. The minimum Gasteiger partial charge on any atom is -0.449 e. The summed E-state index contributed by atoms with van der Waals surface area (Å²) in [5.41, 5.74) is 0.630. The zero-order valence-corrected chi connectivity index (χ0v) is 16.2. The van der Waals surface area contributed by atoms with E-state index in [0.29, 0.717) is 5.69 Å². The van der Waals surface area contributed by atoms with Crippen molar-refractivity contribution in [3.63, 3.8) is 0 Å². The number of aryl methyl sites for hydroxylation is 1. The number of nitro benzene ring substituents is 2. The number of nitrogens with one attached hydrogen (secondary N) is 1. The van der Waals surface area contributed by atoms with Gasteiger partial charge in [-0.25, -0.2) is 4.79 Å². The first-order valence-electron chi connectivity index (χ1n) is 8.54. The van der Waals surface area contributed by atoms with E-state index in [1.165, 1.54) is 13.8 Å². The summed E-state index contributed by atoms with van der Waals surface area (Å²) in [4.78, 5) is 45.3. The summed E-state index contributed by atoms with van der Waals surface area (Å²) in [6.45, 7) is 6.25. The lowest BCUT2D eigenvalue weighted by Gasteiger charge is -2.15. The van der Waals surface area contributed by atoms with Crippen LogP contribution in [0.5, 0.6) is 0 Å². The number of nitro groups is 2. The Morgan fingerprint density at radius 3 is 2.07 bits per heavy atom. The highest BCUT2D eigenvalue weighted by Crippen LogP contribution is 2.29. The fraction of sp³-hybridized carbons (Fsp3) is 0.263. The number of ether oxygens (including phenoxy) is 1. The molecule has 0 aliphatic carbocycles. The lowest BCUT2D eigenvalue weighted by atomic mass is 10.1. The number of carbonyl (C=O) groups is 2. The van der Waals surface area contributed by atoms with Gasteiger partial charge in [0.2, 0.25) is 0 Å². The summed E-state index contributed by atoms with van der Waals surface area (Å²) in [6, 6.07) is 7.12. The first-order valence-corrected chi connectivity index (χ1v) is 8.54. The second-order valence-electron chi connectivity index (χ2n) is 6.44. The molecule has 0 aromatic heterocycles. The van der Waals surface area contributed by atoms with E-state index < -0.39 is 39.2 Å². The lowest BCUT2D eigenvalue weighted by molar-refractivity contribution is -0.395. The molecular weight excluding hydrogens is 382 g/mol. The summed E-state index contributed by atoms with van der Waals surface area (Å²) in [5.74, 6) is -1.69. The molecule has 0 saturated carbocycles. The molecule has 2 aromatic rings. The predicted octanol–water partition coefficient (Wildman–Crippen LogP) is 3.61. The molecule has 0 bridgehead atoms. The first-order chi connectivity index (χ1) is 13.5. The van der Waals surface area contributed by atoms with Crippen LogP contribution in [0, 0.1) is 41.0 Å². The topological polar surface area (TPSA) is 142 Å². The minimum absolute atomic E-state index is 0.183. The first kappa shape index (κ1) is 21.5. The van der Waals surface area contributed by atoms with E-state index in [-0.39, 0.29) is 11.1 Å². The van der Waals surface area contributed by atoms with Crippen LogP contribution in [0.15, 0.2) is 30.3 Å². The molecular formula is C19H19N3O7. The van der Waals surface area contributed by atoms with E-state index in [1.807, 2.05) is 19.9 Å². The van der Waals surface area contributed by atoms with Crippen LogP contribution < -0.4 is 5.32 Å². The van der Waals surface area contributed by atoms with Gasteiger partial charge in [-0.15, -0.1) is 0 Å². The van der Waals surface area contributed by atoms with Crippen LogP contribution in [0.25, 0.3) is 0 Å². The maximum Gasteiger partial charge on any atom is 0.339 e. The fourth-order valence-corrected chi connectivity index (χ4v) is 2.58. The average molecular weight is 401 g/mol. The highest BCUT2D eigenvalue weighted by molar-refractivity contribution is 5.98. The molecule has 0 heterocycles. The molecule has 10 heteroatoms. The van der Waals surface area contributed by atoms with Gasteiger partial charge < -0.3 is 10.1 Å². The van der Waals surface area contributed by atoms with Gasteiger partial charge in [0, 0.05) is 17.8 Å². The van der Waals surface area contributed by atoms with E-state index in [9.17, 15) is 29.8 Å². The smallest absolute Gasteiger partial charge is 0.339 e. The molecule has 0 spiro atoms. The van der Waals surface area contributed by atoms with Crippen molar-refractivity contribution in [2.45, 2.75) is 33.8 Å². The van der Waals surface area contributed by atoms with Crippen LogP contribution >= 0.6 is 0 Å². The predicted molar refractivity (Wildman–Crippen MR) is 104 cm³/mol. The van der Waals surface area contributed by atoms with Gasteiger partial charge in [-0.1, -0.05) is 12.1 Å². The quantitative estimate of drug-likeness (QED) is 0.442. The van der Waals surface area contributed by atoms with Crippen LogP contribution in [-0.4, -0.2) is 27.8 Å². The molecule has 152 valence electrons. The molecule has 1 atom stereocenters. The highest BCUT2D eigenvalue weighted by atomic mass is 16.6. The molecule has 1 N–H and O–H groups in total. The Morgan fingerprint density at radius 2 is 1.55 bits per heavy atom. The Hall–Kier alpha value is -3.82. The summed E-state index contributed by atoms with van der Waals surface area (Å²) in [7, 11) is 0. The third-order valence-electron chi connectivity index (χ3n) is 4.50. The van der Waals surface area contributed by atoms with E-state index in [4.69, 9.17) is 4.74 Å². The van der Waals surface area contributed by atoms with Crippen molar-refractivity contribution in [1.82, 2.24) is 0 Å². The van der Waals surface area contributed by atoms with E-state index >= 15 is 0 Å². The zero-order valence-electron chi connectivity index (χ0n) is 16.2. The van der Waals surface area contributed by atoms with Gasteiger partial charge in [-0.3, -0.25) is 25.0 Å². The molecule has 0 aliphatic rings. The van der Waals surface area contributed by atoms with E-state index in [1.54, 1.807) is 12.1 Å². The summed E-state index contributed by atoms with van der Waals surface area (Å²) in [5, 5.41) is 24.9. The number of nitrogens with zero attached hydrogens (tertiary/aromatic N) is 2. The summed E-state index contributed by atoms with van der Waals surface area (Å²) < 4.78 is 5.05. The molecule has 0 radical (unpaired) electrons. The molecule has 0 fully saturated rings. The van der Waals surface area contributed by atoms with Gasteiger partial charge in [-0.05, 0) is 44.9 Å². The van der Waals surface area contributed by atoms with Crippen LogP contribution in [0.1, 0.15) is 34.0 Å². The van der Waals surface area contributed by atoms with Crippen LogP contribution in [-0.2, 0) is 9.53 Å². The molecule has 2 rings (SSSR count). The number of hydrogen-bond acceptors (Lipinski definition) is 7. The molecule has 0 saturated heterocycles. The van der Waals surface area contributed by atoms with Crippen molar-refractivity contribution >= 4 is 28.9 Å². The second-order valence-corrected chi connectivity index (χ2v) is 6.44. The van der Waals surface area contributed by atoms with E-state index in [0.717, 1.165) is 23.3 Å². The third kappa shape index (κ3) is 4.72. The zero-order chi connectivity index (χ0) is 21.9. The second kappa shape index (κ2) is 8.46. The molecule has 0 aliphatic heterocycles. The number of anilines is 1. The minimum atomic E-state index is -1.23. The maximum absolute atomic E-state index is 12.3. The third-order valence-corrected chi connectivity index (χ3v) is 4.50. The monoisotopic (exact) mass is 401 g/mol. The number of amides is 1. The summed E-state index contributed by atoms with van der Waals surface area (Å²) >= 11 is 0. The molecule has 0 unspecified atom stereocenters. The number of esters is 1. The molecule has 29 heavy (non-hydrogen) atoms. The number of benzene rings is 2. The number of carbonyl (C=O) groups excluding carboxylic acids is 2. The Labute approximate surface area is 165 Å². The average Bonchev–Trinajstić information content (AvgIpc) is 2.64. The fourth-order valence-electron chi connectivity index (χ4n) is 2.58. The molecule has 10 nitrogen and oxygen atoms in total. The van der Waals surface area contributed by atoms with Crippen molar-refractivity contribution < 1.29 is 24.2 Å². The summed E-state index contributed by atoms with van der Waals surface area (Å²) in [6.07, 6.45) is -1.23. The Morgan fingerprint density at radius 1 is 1.00 bits per heavy atom. The number of hydrogen-bond donors (Lipinski definition) is 1. The van der Waals surface area contributed by atoms with Gasteiger partial charge in [-0.2, -0.15) is 0 Å². The van der Waals surface area contributed by atoms with Gasteiger partial charge >= 0.3 is 5.97 Å². The molecule has 2 aromatic carbocycles. The van der Waals surface area contributed by atoms with Crippen LogP contribution in [0.4, 0.5) is 17.1 Å². The normalized spacial score (nSPS) is 11.4. The molecule has 1 amide bonds. The van der Waals surface area contributed by atoms with Gasteiger partial charge in [0.15, 0.2) is 6.10 Å². The van der Waals surface area contributed by atoms with Crippen molar-refractivity contribution in [1.29, 1.82) is 0 Å². The maximum atomic E-state index is 12.3. The Kier molecular flexibility index (Phi) is 6.27. The van der Waals surface area contributed by atoms with Crippen molar-refractivity contribution in [3.8, 4) is 0 Å². The Bertz CT molecular complexity index is 982. The van der Waals surface area contributed by atoms with Crippen molar-refractivity contribution in [2.24, 2.45) is 0 Å². The largest absolute Gasteiger partial charge is 0.449 e. The van der Waals surface area contributed by atoms with Crippen molar-refractivity contribution in [2.75, 3.05) is 5.32 Å².